The van der Waals surface area contributed by atoms with Crippen molar-refractivity contribution in [1.29, 1.82) is 0 Å². The second kappa shape index (κ2) is 9.84. The fourth-order valence-electron chi connectivity index (χ4n) is 5.90. The molecule has 1 aromatic carbocycles. The molecule has 4 rings (SSSR count). The molecule has 9 heteroatoms. The standard InChI is InChI=1S/C24H31ClN2O5S/c1-3-32-23(31)18-17-13-14(2)24(33-17)19(18)22(30)27(11-7-4-8-12-28)20(24)21(29)26-16-10-6-5-9-15(16)25/h5-6,9-10,14,17-20,28H,3-4,7-8,11-13H2,1-2H3,(H,26,29)/t14?,17-,18+,19-,20?,24?/m0/s1. The third kappa shape index (κ3) is 4.04. The van der Waals surface area contributed by atoms with Crippen LogP contribution in [0, 0.1) is 17.8 Å². The number of benzene rings is 1. The van der Waals surface area contributed by atoms with E-state index < -0.39 is 22.6 Å². The number of carbonyl (C=O) groups excluding carboxylic acids is 3. The van der Waals surface area contributed by atoms with E-state index >= 15 is 0 Å². The zero-order valence-electron chi connectivity index (χ0n) is 19.0. The van der Waals surface area contributed by atoms with Gasteiger partial charge in [0.05, 0.1) is 33.9 Å². The first kappa shape index (κ1) is 24.4. The number of aliphatic hydroxyl groups is 1. The minimum absolute atomic E-state index is 0.0276. The molecular weight excluding hydrogens is 464 g/mol. The zero-order valence-corrected chi connectivity index (χ0v) is 20.5. The average molecular weight is 495 g/mol. The summed E-state index contributed by atoms with van der Waals surface area (Å²) in [7, 11) is 0. The van der Waals surface area contributed by atoms with Gasteiger partial charge in [0.25, 0.3) is 0 Å². The van der Waals surface area contributed by atoms with E-state index in [2.05, 4.69) is 12.2 Å². The summed E-state index contributed by atoms with van der Waals surface area (Å²) in [6, 6.07) is 6.33. The van der Waals surface area contributed by atoms with Crippen LogP contribution in [0.25, 0.3) is 0 Å². The Balaban J connectivity index is 1.69. The molecule has 6 atom stereocenters. The van der Waals surface area contributed by atoms with E-state index in [1.807, 2.05) is 0 Å². The van der Waals surface area contributed by atoms with Crippen LogP contribution in [-0.4, -0.2) is 63.6 Å². The first-order valence-corrected chi connectivity index (χ1v) is 12.9. The maximum atomic E-state index is 13.8. The lowest BCUT2D eigenvalue weighted by molar-refractivity contribution is -0.154. The smallest absolute Gasteiger partial charge is 0.310 e. The molecule has 3 fully saturated rings. The van der Waals surface area contributed by atoms with Crippen LogP contribution in [0.3, 0.4) is 0 Å². The highest BCUT2D eigenvalue weighted by Gasteiger charge is 2.76. The van der Waals surface area contributed by atoms with E-state index in [1.54, 1.807) is 47.9 Å². The number of fused-ring (bicyclic) bond motifs is 1. The van der Waals surface area contributed by atoms with Gasteiger partial charge >= 0.3 is 5.97 Å². The van der Waals surface area contributed by atoms with E-state index in [9.17, 15) is 14.4 Å². The second-order valence-corrected chi connectivity index (χ2v) is 11.0. The van der Waals surface area contributed by atoms with E-state index in [0.717, 1.165) is 12.8 Å². The number of para-hydroxylation sites is 1. The Morgan fingerprint density at radius 3 is 2.76 bits per heavy atom. The number of nitrogens with one attached hydrogen (secondary N) is 1. The number of unbranched alkanes of at least 4 members (excludes halogenated alkanes) is 2. The normalized spacial score (nSPS) is 32.2. The van der Waals surface area contributed by atoms with Gasteiger partial charge in [0.2, 0.25) is 11.8 Å². The van der Waals surface area contributed by atoms with Crippen molar-refractivity contribution in [2.45, 2.75) is 55.6 Å². The van der Waals surface area contributed by atoms with Crippen molar-refractivity contribution in [3.63, 3.8) is 0 Å². The molecule has 1 spiro atoms. The molecule has 0 radical (unpaired) electrons. The van der Waals surface area contributed by atoms with Gasteiger partial charge in [0.1, 0.15) is 6.04 Å². The number of amides is 2. The number of hydrogen-bond donors (Lipinski definition) is 2. The zero-order chi connectivity index (χ0) is 23.8. The fraction of sp³-hybridized carbons (Fsp3) is 0.625. The van der Waals surface area contributed by atoms with Crippen LogP contribution < -0.4 is 5.32 Å². The molecule has 33 heavy (non-hydrogen) atoms. The van der Waals surface area contributed by atoms with E-state index in [-0.39, 0.29) is 42.2 Å². The third-order valence-corrected chi connectivity index (χ3v) is 9.65. The number of rotatable bonds is 9. The van der Waals surface area contributed by atoms with Crippen molar-refractivity contribution in [3.8, 4) is 0 Å². The second-order valence-electron chi connectivity index (χ2n) is 9.09. The SMILES string of the molecule is CCOC(=O)[C@@H]1[C@@H]2CC(C)C3(S2)C(C(=O)Nc2ccccc2Cl)N(CCCCCO)C(=O)[C@H]13. The lowest BCUT2D eigenvalue weighted by atomic mass is 9.66. The van der Waals surface area contributed by atoms with Crippen LogP contribution in [0.2, 0.25) is 5.02 Å². The van der Waals surface area contributed by atoms with Crippen molar-refractivity contribution in [2.24, 2.45) is 17.8 Å². The number of esters is 1. The maximum Gasteiger partial charge on any atom is 0.310 e. The Hall–Kier alpha value is -1.77. The van der Waals surface area contributed by atoms with Gasteiger partial charge < -0.3 is 20.1 Å². The van der Waals surface area contributed by atoms with Crippen LogP contribution in [0.1, 0.15) is 39.5 Å². The highest BCUT2D eigenvalue weighted by Crippen LogP contribution is 2.68. The van der Waals surface area contributed by atoms with Crippen LogP contribution in [0.5, 0.6) is 0 Å². The molecule has 2 amide bonds. The van der Waals surface area contributed by atoms with E-state index in [4.69, 9.17) is 21.4 Å². The molecule has 0 saturated carbocycles. The molecule has 3 unspecified atom stereocenters. The van der Waals surface area contributed by atoms with Gasteiger partial charge in [-0.2, -0.15) is 0 Å². The first-order valence-electron chi connectivity index (χ1n) is 11.7. The number of halogens is 1. The lowest BCUT2D eigenvalue weighted by Crippen LogP contribution is -2.54. The predicted molar refractivity (Wildman–Crippen MR) is 128 cm³/mol. The molecule has 2 bridgehead atoms. The van der Waals surface area contributed by atoms with Crippen molar-refractivity contribution in [1.82, 2.24) is 4.90 Å². The molecule has 2 N–H and O–H groups in total. The van der Waals surface area contributed by atoms with Crippen molar-refractivity contribution >= 4 is 46.8 Å². The molecule has 7 nitrogen and oxygen atoms in total. The molecule has 0 aromatic heterocycles. The molecule has 3 aliphatic heterocycles. The largest absolute Gasteiger partial charge is 0.466 e. The number of ether oxygens (including phenoxy) is 1. The summed E-state index contributed by atoms with van der Waals surface area (Å²) in [6.45, 7) is 4.61. The van der Waals surface area contributed by atoms with Gasteiger partial charge in [-0.25, -0.2) is 0 Å². The summed E-state index contributed by atoms with van der Waals surface area (Å²) in [5.41, 5.74) is 0.504. The lowest BCUT2D eigenvalue weighted by Gasteiger charge is -2.38. The van der Waals surface area contributed by atoms with Crippen molar-refractivity contribution in [2.75, 3.05) is 25.1 Å². The summed E-state index contributed by atoms with van der Waals surface area (Å²) >= 11 is 7.91. The Kier molecular flexibility index (Phi) is 7.26. The number of thioether (sulfide) groups is 1. The Morgan fingerprint density at radius 1 is 1.30 bits per heavy atom. The quantitative estimate of drug-likeness (QED) is 0.404. The van der Waals surface area contributed by atoms with Crippen LogP contribution in [0.4, 0.5) is 5.69 Å². The van der Waals surface area contributed by atoms with Gasteiger partial charge in [-0.15, -0.1) is 11.8 Å². The molecule has 0 aliphatic carbocycles. The topological polar surface area (TPSA) is 95.9 Å². The van der Waals surface area contributed by atoms with Gasteiger partial charge in [0.15, 0.2) is 0 Å². The molecule has 3 heterocycles. The Bertz CT molecular complexity index is 930. The monoisotopic (exact) mass is 494 g/mol. The summed E-state index contributed by atoms with van der Waals surface area (Å²) in [5, 5.41) is 12.5. The Morgan fingerprint density at radius 2 is 2.06 bits per heavy atom. The number of carbonyl (C=O) groups is 3. The minimum atomic E-state index is -0.704. The van der Waals surface area contributed by atoms with E-state index in [1.165, 1.54) is 0 Å². The first-order chi connectivity index (χ1) is 15.9. The average Bonchev–Trinajstić information content (AvgIpc) is 3.37. The third-order valence-electron chi connectivity index (χ3n) is 7.24. The highest BCUT2D eigenvalue weighted by atomic mass is 35.5. The summed E-state index contributed by atoms with van der Waals surface area (Å²) in [6.07, 6.45) is 2.85. The summed E-state index contributed by atoms with van der Waals surface area (Å²) in [4.78, 5) is 42.1. The maximum absolute atomic E-state index is 13.8. The van der Waals surface area contributed by atoms with Gasteiger partial charge in [-0.3, -0.25) is 14.4 Å². The number of anilines is 1. The van der Waals surface area contributed by atoms with Crippen molar-refractivity contribution in [3.05, 3.63) is 29.3 Å². The summed E-state index contributed by atoms with van der Waals surface area (Å²) < 4.78 is 4.67. The van der Waals surface area contributed by atoms with Crippen LogP contribution in [-0.2, 0) is 19.1 Å². The van der Waals surface area contributed by atoms with Crippen LogP contribution >= 0.6 is 23.4 Å². The van der Waals surface area contributed by atoms with Gasteiger partial charge in [-0.05, 0) is 50.7 Å². The Labute approximate surface area is 203 Å². The summed E-state index contributed by atoms with van der Waals surface area (Å²) in [5.74, 6) is -1.76. The molecular formula is C24H31ClN2O5S. The number of hydrogen-bond acceptors (Lipinski definition) is 6. The molecule has 3 saturated heterocycles. The van der Waals surface area contributed by atoms with Crippen LogP contribution in [0.15, 0.2) is 24.3 Å². The van der Waals surface area contributed by atoms with Gasteiger partial charge in [-0.1, -0.05) is 30.7 Å². The fourth-order valence-corrected chi connectivity index (χ4v) is 8.49. The van der Waals surface area contributed by atoms with Gasteiger partial charge in [0, 0.05) is 18.4 Å². The number of nitrogens with zero attached hydrogens (tertiary/aromatic N) is 1. The number of likely N-dealkylation sites (tertiary alicyclic amines) is 1. The molecule has 1 aromatic rings. The predicted octanol–water partition coefficient (Wildman–Crippen LogP) is 3.34. The minimum Gasteiger partial charge on any atom is -0.466 e. The number of aliphatic hydroxyl groups excluding tert-OH is 1. The molecule has 3 aliphatic rings. The highest BCUT2D eigenvalue weighted by molar-refractivity contribution is 8.02. The van der Waals surface area contributed by atoms with E-state index in [0.29, 0.717) is 30.1 Å². The molecule has 180 valence electrons. The van der Waals surface area contributed by atoms with Crippen molar-refractivity contribution < 1.29 is 24.2 Å².